The van der Waals surface area contributed by atoms with Crippen LogP contribution in [0.5, 0.6) is 11.5 Å². The van der Waals surface area contributed by atoms with Crippen molar-refractivity contribution in [2.75, 3.05) is 33.6 Å². The van der Waals surface area contributed by atoms with Crippen LogP contribution in [0, 0.1) is 5.82 Å². The van der Waals surface area contributed by atoms with Gasteiger partial charge in [-0.05, 0) is 30.3 Å². The van der Waals surface area contributed by atoms with E-state index in [-0.39, 0.29) is 22.7 Å². The molecule has 28 heavy (non-hydrogen) atoms. The third kappa shape index (κ3) is 5.10. The third-order valence-corrected chi connectivity index (χ3v) is 4.28. The molecule has 0 aliphatic heterocycles. The van der Waals surface area contributed by atoms with Crippen molar-refractivity contribution in [2.45, 2.75) is 0 Å². The van der Waals surface area contributed by atoms with E-state index in [0.29, 0.717) is 16.0 Å². The second-order valence-corrected chi connectivity index (χ2v) is 6.86. The zero-order valence-corrected chi connectivity index (χ0v) is 17.5. The van der Waals surface area contributed by atoms with E-state index in [9.17, 15) is 14.0 Å². The lowest BCUT2D eigenvalue weighted by atomic mass is 10.1. The standard InChI is InChI=1S/C20H20BrFN2O4/c1-24(2)20(26)14-10-17(27-3)18(28-4)11-16(14)23-19(25)8-5-12-9-13(21)6-7-15(12)22/h5-11H,1-4H3,(H,23,25)/b8-5+. The first kappa shape index (κ1) is 21.4. The Morgan fingerprint density at radius 3 is 2.36 bits per heavy atom. The molecule has 6 nitrogen and oxygen atoms in total. The predicted molar refractivity (Wildman–Crippen MR) is 109 cm³/mol. The van der Waals surface area contributed by atoms with Crippen molar-refractivity contribution in [1.82, 2.24) is 4.90 Å². The maximum atomic E-state index is 13.8. The fourth-order valence-electron chi connectivity index (χ4n) is 2.38. The highest BCUT2D eigenvalue weighted by atomic mass is 79.9. The van der Waals surface area contributed by atoms with Crippen LogP contribution < -0.4 is 14.8 Å². The van der Waals surface area contributed by atoms with Crippen LogP contribution in [-0.4, -0.2) is 45.0 Å². The van der Waals surface area contributed by atoms with Crippen LogP contribution in [0.3, 0.4) is 0 Å². The number of carbonyl (C=O) groups excluding carboxylic acids is 2. The predicted octanol–water partition coefficient (Wildman–Crippen LogP) is 3.96. The van der Waals surface area contributed by atoms with E-state index >= 15 is 0 Å². The minimum atomic E-state index is -0.528. The molecular weight excluding hydrogens is 431 g/mol. The maximum Gasteiger partial charge on any atom is 0.255 e. The molecule has 0 fully saturated rings. The smallest absolute Gasteiger partial charge is 0.255 e. The van der Waals surface area contributed by atoms with Gasteiger partial charge in [-0.15, -0.1) is 0 Å². The summed E-state index contributed by atoms with van der Waals surface area (Å²) in [4.78, 5) is 26.2. The lowest BCUT2D eigenvalue weighted by Gasteiger charge is -2.17. The Kier molecular flexibility index (Phi) is 7.17. The molecule has 0 aromatic heterocycles. The number of nitrogens with one attached hydrogen (secondary N) is 1. The normalized spacial score (nSPS) is 10.6. The molecule has 0 unspecified atom stereocenters. The Hall–Kier alpha value is -2.87. The molecule has 0 atom stereocenters. The second-order valence-electron chi connectivity index (χ2n) is 5.94. The number of halogens is 2. The summed E-state index contributed by atoms with van der Waals surface area (Å²) in [6.07, 6.45) is 2.54. The Balaban J connectivity index is 2.35. The number of rotatable bonds is 6. The van der Waals surface area contributed by atoms with Crippen LogP contribution in [0.1, 0.15) is 15.9 Å². The zero-order chi connectivity index (χ0) is 20.8. The number of methoxy groups -OCH3 is 2. The fraction of sp³-hybridized carbons (Fsp3) is 0.200. The third-order valence-electron chi connectivity index (χ3n) is 3.79. The first-order valence-electron chi connectivity index (χ1n) is 8.18. The van der Waals surface area contributed by atoms with Crippen LogP contribution in [0.2, 0.25) is 0 Å². The average molecular weight is 451 g/mol. The Labute approximate surface area is 171 Å². The lowest BCUT2D eigenvalue weighted by molar-refractivity contribution is -0.111. The molecule has 0 bridgehead atoms. The van der Waals surface area contributed by atoms with Crippen molar-refractivity contribution >= 4 is 39.5 Å². The fourth-order valence-corrected chi connectivity index (χ4v) is 2.76. The zero-order valence-electron chi connectivity index (χ0n) is 15.9. The van der Waals surface area contributed by atoms with Crippen molar-refractivity contribution in [3.8, 4) is 11.5 Å². The van der Waals surface area contributed by atoms with Gasteiger partial charge in [0.2, 0.25) is 5.91 Å². The van der Waals surface area contributed by atoms with Crippen LogP contribution >= 0.6 is 15.9 Å². The second kappa shape index (κ2) is 9.36. The van der Waals surface area contributed by atoms with Crippen molar-refractivity contribution in [2.24, 2.45) is 0 Å². The van der Waals surface area contributed by atoms with Gasteiger partial charge >= 0.3 is 0 Å². The summed E-state index contributed by atoms with van der Waals surface area (Å²) >= 11 is 3.26. The number of hydrogen-bond donors (Lipinski definition) is 1. The Bertz CT molecular complexity index is 929. The summed E-state index contributed by atoms with van der Waals surface area (Å²) in [7, 11) is 6.10. The number of nitrogens with zero attached hydrogens (tertiary/aromatic N) is 1. The highest BCUT2D eigenvalue weighted by molar-refractivity contribution is 9.10. The van der Waals surface area contributed by atoms with Crippen molar-refractivity contribution in [1.29, 1.82) is 0 Å². The maximum absolute atomic E-state index is 13.8. The molecular formula is C20H20BrFN2O4. The van der Waals surface area contributed by atoms with Gasteiger partial charge < -0.3 is 19.7 Å². The van der Waals surface area contributed by atoms with E-state index < -0.39 is 11.7 Å². The van der Waals surface area contributed by atoms with Crippen LogP contribution in [0.15, 0.2) is 40.9 Å². The topological polar surface area (TPSA) is 67.9 Å². The molecule has 1 N–H and O–H groups in total. The molecule has 148 valence electrons. The molecule has 2 aromatic rings. The number of ether oxygens (including phenoxy) is 2. The highest BCUT2D eigenvalue weighted by Gasteiger charge is 2.19. The van der Waals surface area contributed by atoms with Crippen LogP contribution in [0.4, 0.5) is 10.1 Å². The van der Waals surface area contributed by atoms with Crippen LogP contribution in [-0.2, 0) is 4.79 Å². The van der Waals surface area contributed by atoms with Crippen molar-refractivity contribution < 1.29 is 23.5 Å². The minimum absolute atomic E-state index is 0.234. The molecule has 2 aromatic carbocycles. The molecule has 2 rings (SSSR count). The van der Waals surface area contributed by atoms with Gasteiger partial charge in [-0.1, -0.05) is 15.9 Å². The largest absolute Gasteiger partial charge is 0.493 e. The van der Waals surface area contributed by atoms with Crippen LogP contribution in [0.25, 0.3) is 6.08 Å². The summed E-state index contributed by atoms with van der Waals surface area (Å²) in [5, 5.41) is 2.63. The molecule has 0 saturated carbocycles. The molecule has 0 saturated heterocycles. The van der Waals surface area contributed by atoms with E-state index in [4.69, 9.17) is 9.47 Å². The molecule has 0 aliphatic rings. The average Bonchev–Trinajstić information content (AvgIpc) is 2.67. The quantitative estimate of drug-likeness (QED) is 0.676. The van der Waals surface area contributed by atoms with E-state index in [0.717, 1.165) is 0 Å². The molecule has 0 radical (unpaired) electrons. The molecule has 2 amide bonds. The van der Waals surface area contributed by atoms with Gasteiger partial charge in [-0.25, -0.2) is 4.39 Å². The van der Waals surface area contributed by atoms with Gasteiger partial charge in [0.05, 0.1) is 25.5 Å². The Morgan fingerprint density at radius 1 is 1.11 bits per heavy atom. The number of amides is 2. The molecule has 0 heterocycles. The summed E-state index contributed by atoms with van der Waals surface area (Å²) in [5.74, 6) is -0.591. The van der Waals surface area contributed by atoms with E-state index in [1.165, 1.54) is 49.5 Å². The summed E-state index contributed by atoms with van der Waals surface area (Å²) in [6, 6.07) is 7.41. The molecule has 8 heteroatoms. The SMILES string of the molecule is COc1cc(NC(=O)/C=C/c2cc(Br)ccc2F)c(C(=O)N(C)C)cc1OC. The van der Waals surface area contributed by atoms with E-state index in [2.05, 4.69) is 21.2 Å². The van der Waals surface area contributed by atoms with Gasteiger partial charge in [0.25, 0.3) is 5.91 Å². The lowest BCUT2D eigenvalue weighted by Crippen LogP contribution is -2.24. The van der Waals surface area contributed by atoms with E-state index in [1.54, 1.807) is 26.2 Å². The van der Waals surface area contributed by atoms with Crippen molar-refractivity contribution in [3.63, 3.8) is 0 Å². The Morgan fingerprint density at radius 2 is 1.75 bits per heavy atom. The number of anilines is 1. The summed E-state index contributed by atoms with van der Waals surface area (Å²) in [5.41, 5.74) is 0.736. The summed E-state index contributed by atoms with van der Waals surface area (Å²) < 4.78 is 25.0. The van der Waals surface area contributed by atoms with Gasteiger partial charge in [0.15, 0.2) is 11.5 Å². The molecule has 0 spiro atoms. The number of hydrogen-bond acceptors (Lipinski definition) is 4. The van der Waals surface area contributed by atoms with Crippen molar-refractivity contribution in [3.05, 3.63) is 57.8 Å². The van der Waals surface area contributed by atoms with Gasteiger partial charge in [-0.3, -0.25) is 9.59 Å². The van der Waals surface area contributed by atoms with E-state index in [1.807, 2.05) is 0 Å². The highest BCUT2D eigenvalue weighted by Crippen LogP contribution is 2.34. The molecule has 0 aliphatic carbocycles. The van der Waals surface area contributed by atoms with Gasteiger partial charge in [0.1, 0.15) is 5.82 Å². The first-order valence-corrected chi connectivity index (χ1v) is 8.98. The first-order chi connectivity index (χ1) is 13.3. The number of benzene rings is 2. The monoisotopic (exact) mass is 450 g/mol. The van der Waals surface area contributed by atoms with Gasteiger partial charge in [0, 0.05) is 36.3 Å². The number of carbonyl (C=O) groups is 2. The van der Waals surface area contributed by atoms with Gasteiger partial charge in [-0.2, -0.15) is 0 Å². The minimum Gasteiger partial charge on any atom is -0.493 e. The summed E-state index contributed by atoms with van der Waals surface area (Å²) in [6.45, 7) is 0.